The second kappa shape index (κ2) is 11.2. The maximum Gasteiger partial charge on any atom is 0.452 e. The molecule has 16 heteroatoms. The molecule has 0 spiro atoms. The minimum atomic E-state index is -4.94. The van der Waals surface area contributed by atoms with E-state index in [1.807, 2.05) is 6.07 Å². The number of nitriles is 1. The van der Waals surface area contributed by atoms with Crippen LogP contribution in [0.2, 0.25) is 5.02 Å². The average Bonchev–Trinajstić information content (AvgIpc) is 3.27. The van der Waals surface area contributed by atoms with Crippen LogP contribution in [-0.2, 0) is 6.54 Å². The molecule has 198 valence electrons. The van der Waals surface area contributed by atoms with Gasteiger partial charge in [-0.2, -0.15) is 28.6 Å². The van der Waals surface area contributed by atoms with Gasteiger partial charge in [0.2, 0.25) is 5.84 Å². The molecule has 6 N–H and O–H groups in total. The van der Waals surface area contributed by atoms with E-state index >= 15 is 0 Å². The highest BCUT2D eigenvalue weighted by molar-refractivity contribution is 6.32. The van der Waals surface area contributed by atoms with E-state index in [1.54, 1.807) is 6.92 Å². The molecule has 0 unspecified atom stereocenters. The summed E-state index contributed by atoms with van der Waals surface area (Å²) in [6.45, 7) is 0.936. The van der Waals surface area contributed by atoms with Gasteiger partial charge >= 0.3 is 6.18 Å². The van der Waals surface area contributed by atoms with E-state index in [0.717, 1.165) is 4.68 Å². The summed E-state index contributed by atoms with van der Waals surface area (Å²) in [5.41, 5.74) is 0.426. The van der Waals surface area contributed by atoms with E-state index in [0.29, 0.717) is 5.56 Å². The number of rotatable bonds is 6. The van der Waals surface area contributed by atoms with Crippen LogP contribution in [0.1, 0.15) is 37.7 Å². The number of hydrogen-bond acceptors (Lipinski definition) is 8. The number of halogens is 4. The quantitative estimate of drug-likeness (QED) is 0.156. The first-order valence-electron chi connectivity index (χ1n) is 10.6. The SMILES string of the molecule is CNC(=O)c1cc(C#N)cc(C)c1NC(=O)c1cc(CN(N)/C(=N\N)C(F)(F)F)nn1-c1ncccc1Cl. The Hall–Kier alpha value is -4.68. The third-order valence-corrected chi connectivity index (χ3v) is 5.38. The standard InChI is InChI=1S/C22H20ClF3N10O2/c1-11-6-12(9-27)7-14(19(37)30-2)17(11)32-20(38)16-8-13(10-35(29)21(33-28)22(24,25)26)34-36(16)18-15(23)4-3-5-31-18/h3-8H,10,28-29H2,1-2H3,(H,30,37)(H,32,38)/b33-21-. The minimum absolute atomic E-state index is 0.000694. The summed E-state index contributed by atoms with van der Waals surface area (Å²) in [4.78, 5) is 30.0. The summed E-state index contributed by atoms with van der Waals surface area (Å²) >= 11 is 6.23. The number of nitrogens with one attached hydrogen (secondary N) is 2. The Balaban J connectivity index is 2.09. The molecule has 0 atom stereocenters. The van der Waals surface area contributed by atoms with Gasteiger partial charge in [0.15, 0.2) is 5.82 Å². The lowest BCUT2D eigenvalue weighted by Gasteiger charge is -2.20. The van der Waals surface area contributed by atoms with Gasteiger partial charge in [-0.1, -0.05) is 11.6 Å². The molecule has 2 aromatic heterocycles. The van der Waals surface area contributed by atoms with Crippen molar-refractivity contribution >= 4 is 34.9 Å². The lowest BCUT2D eigenvalue weighted by molar-refractivity contribution is -0.0697. The molecule has 0 aliphatic heterocycles. The van der Waals surface area contributed by atoms with Crippen molar-refractivity contribution in [3.05, 3.63) is 69.6 Å². The first-order chi connectivity index (χ1) is 17.9. The minimum Gasteiger partial charge on any atom is -0.355 e. The van der Waals surface area contributed by atoms with Crippen molar-refractivity contribution in [1.82, 2.24) is 25.1 Å². The van der Waals surface area contributed by atoms with Crippen molar-refractivity contribution < 1.29 is 22.8 Å². The highest BCUT2D eigenvalue weighted by Gasteiger charge is 2.39. The Morgan fingerprint density at radius 3 is 2.58 bits per heavy atom. The highest BCUT2D eigenvalue weighted by Crippen LogP contribution is 2.26. The van der Waals surface area contributed by atoms with Crippen molar-refractivity contribution in [2.45, 2.75) is 19.6 Å². The number of aromatic nitrogens is 3. The first-order valence-corrected chi connectivity index (χ1v) is 10.9. The van der Waals surface area contributed by atoms with Crippen molar-refractivity contribution in [2.24, 2.45) is 16.8 Å². The molecule has 38 heavy (non-hydrogen) atoms. The topological polar surface area (TPSA) is 180 Å². The van der Waals surface area contributed by atoms with Crippen LogP contribution in [-0.4, -0.2) is 50.6 Å². The third kappa shape index (κ3) is 5.82. The molecule has 0 fully saturated rings. The average molecular weight is 549 g/mol. The van der Waals surface area contributed by atoms with E-state index in [-0.39, 0.29) is 44.1 Å². The number of pyridine rings is 1. The second-order valence-electron chi connectivity index (χ2n) is 7.68. The number of carbonyl (C=O) groups is 2. The number of carbonyl (C=O) groups excluding carboxylic acids is 2. The summed E-state index contributed by atoms with van der Waals surface area (Å²) in [6.07, 6.45) is -3.57. The number of aryl methyl sites for hydroxylation is 1. The summed E-state index contributed by atoms with van der Waals surface area (Å²) in [5.74, 6) is 7.44. The largest absolute Gasteiger partial charge is 0.452 e. The molecule has 0 aliphatic carbocycles. The molecular weight excluding hydrogens is 529 g/mol. The molecular formula is C22H20ClF3N10O2. The molecule has 3 rings (SSSR count). The number of hydrazine groups is 1. The van der Waals surface area contributed by atoms with Crippen molar-refractivity contribution in [2.75, 3.05) is 12.4 Å². The van der Waals surface area contributed by atoms with Crippen LogP contribution < -0.4 is 22.3 Å². The van der Waals surface area contributed by atoms with Crippen LogP contribution in [0.4, 0.5) is 18.9 Å². The number of alkyl halides is 3. The summed E-state index contributed by atoms with van der Waals surface area (Å²) in [5, 5.41) is 21.5. The zero-order valence-corrected chi connectivity index (χ0v) is 20.6. The molecule has 3 aromatic rings. The molecule has 0 saturated carbocycles. The number of benzene rings is 1. The number of nitrogens with zero attached hydrogens (tertiary/aromatic N) is 6. The molecule has 0 saturated heterocycles. The maximum absolute atomic E-state index is 13.4. The number of nitrogens with two attached hydrogens (primary N) is 2. The van der Waals surface area contributed by atoms with Gasteiger partial charge in [0.05, 0.1) is 40.1 Å². The normalized spacial score (nSPS) is 11.6. The van der Waals surface area contributed by atoms with Gasteiger partial charge in [-0.25, -0.2) is 15.5 Å². The van der Waals surface area contributed by atoms with Gasteiger partial charge in [0.1, 0.15) is 5.69 Å². The molecule has 0 bridgehead atoms. The van der Waals surface area contributed by atoms with Gasteiger partial charge in [0, 0.05) is 13.2 Å². The van der Waals surface area contributed by atoms with Gasteiger partial charge in [-0.3, -0.25) is 14.6 Å². The highest BCUT2D eigenvalue weighted by atomic mass is 35.5. The van der Waals surface area contributed by atoms with Gasteiger partial charge < -0.3 is 16.5 Å². The molecule has 2 heterocycles. The summed E-state index contributed by atoms with van der Waals surface area (Å²) in [7, 11) is 1.38. The Bertz CT molecular complexity index is 1460. The predicted octanol–water partition coefficient (Wildman–Crippen LogP) is 2.22. The van der Waals surface area contributed by atoms with Crippen LogP contribution >= 0.6 is 11.6 Å². The number of amides is 2. The first kappa shape index (κ1) is 27.9. The lowest BCUT2D eigenvalue weighted by Crippen LogP contribution is -2.46. The smallest absolute Gasteiger partial charge is 0.355 e. The zero-order valence-electron chi connectivity index (χ0n) is 19.8. The number of hydrogen-bond donors (Lipinski definition) is 4. The van der Waals surface area contributed by atoms with Crippen LogP contribution in [0.25, 0.3) is 5.82 Å². The molecule has 12 nitrogen and oxygen atoms in total. The van der Waals surface area contributed by atoms with Crippen LogP contribution in [0.3, 0.4) is 0 Å². The number of amidine groups is 1. The fraction of sp³-hybridized carbons (Fsp3) is 0.182. The number of anilines is 1. The van der Waals surface area contributed by atoms with Crippen molar-refractivity contribution in [3.8, 4) is 11.9 Å². The van der Waals surface area contributed by atoms with Gasteiger partial charge in [-0.05, 0) is 42.8 Å². The van der Waals surface area contributed by atoms with E-state index in [2.05, 4.69) is 25.8 Å². The Morgan fingerprint density at radius 2 is 2.00 bits per heavy atom. The predicted molar refractivity (Wildman–Crippen MR) is 131 cm³/mol. The Morgan fingerprint density at radius 1 is 1.29 bits per heavy atom. The Labute approximate surface area is 218 Å². The van der Waals surface area contributed by atoms with Crippen LogP contribution in [0, 0.1) is 18.3 Å². The van der Waals surface area contributed by atoms with Crippen LogP contribution in [0.15, 0.2) is 41.6 Å². The van der Waals surface area contributed by atoms with E-state index in [4.69, 9.17) is 23.3 Å². The third-order valence-electron chi connectivity index (χ3n) is 5.09. The van der Waals surface area contributed by atoms with Crippen molar-refractivity contribution in [3.63, 3.8) is 0 Å². The monoisotopic (exact) mass is 548 g/mol. The second-order valence-corrected chi connectivity index (χ2v) is 8.09. The maximum atomic E-state index is 13.4. The van der Waals surface area contributed by atoms with Crippen LogP contribution in [0.5, 0.6) is 0 Å². The molecule has 1 aromatic carbocycles. The summed E-state index contributed by atoms with van der Waals surface area (Å²) < 4.78 is 40.5. The number of hydrazone groups is 1. The lowest BCUT2D eigenvalue weighted by atomic mass is 10.0. The van der Waals surface area contributed by atoms with Crippen molar-refractivity contribution in [1.29, 1.82) is 5.26 Å². The fourth-order valence-electron chi connectivity index (χ4n) is 3.43. The molecule has 2 amide bonds. The zero-order chi connectivity index (χ0) is 28.2. The molecule has 0 aliphatic rings. The molecule has 0 radical (unpaired) electrons. The van der Waals surface area contributed by atoms with Gasteiger partial charge in [-0.15, -0.1) is 0 Å². The van der Waals surface area contributed by atoms with E-state index in [1.165, 1.54) is 43.6 Å². The van der Waals surface area contributed by atoms with Gasteiger partial charge in [0.25, 0.3) is 11.8 Å². The Kier molecular flexibility index (Phi) is 8.19. The van der Waals surface area contributed by atoms with E-state index < -0.39 is 30.4 Å². The summed E-state index contributed by atoms with van der Waals surface area (Å²) in [6, 6.07) is 8.88. The van der Waals surface area contributed by atoms with E-state index in [9.17, 15) is 28.0 Å². The fourth-order valence-corrected chi connectivity index (χ4v) is 3.63.